The van der Waals surface area contributed by atoms with Gasteiger partial charge >= 0.3 is 5.97 Å². The first-order valence-electron chi connectivity index (χ1n) is 8.74. The van der Waals surface area contributed by atoms with E-state index in [1.807, 2.05) is 13.8 Å². The van der Waals surface area contributed by atoms with E-state index in [9.17, 15) is 19.2 Å². The van der Waals surface area contributed by atoms with Crippen molar-refractivity contribution in [3.8, 4) is 0 Å². The van der Waals surface area contributed by atoms with Crippen molar-refractivity contribution in [1.29, 1.82) is 0 Å². The van der Waals surface area contributed by atoms with Gasteiger partial charge in [-0.1, -0.05) is 19.9 Å². The molecule has 1 saturated heterocycles. The third-order valence-corrected chi connectivity index (χ3v) is 4.61. The molecule has 2 atom stereocenters. The van der Waals surface area contributed by atoms with Crippen LogP contribution in [0.3, 0.4) is 0 Å². The van der Waals surface area contributed by atoms with Crippen molar-refractivity contribution in [2.24, 2.45) is 5.92 Å². The summed E-state index contributed by atoms with van der Waals surface area (Å²) >= 11 is 0. The average molecular weight is 367 g/mol. The minimum atomic E-state index is -0.551. The largest absolute Gasteiger partial charge is 0.467 e. The van der Waals surface area contributed by atoms with Crippen LogP contribution >= 0.6 is 0 Å². The second kappa shape index (κ2) is 9.94. The number of amides is 3. The van der Waals surface area contributed by atoms with Gasteiger partial charge in [-0.2, -0.15) is 0 Å². The maximum absolute atomic E-state index is 12.8. The zero-order valence-corrected chi connectivity index (χ0v) is 16.2. The lowest BCUT2D eigenvalue weighted by molar-refractivity contribution is -0.149. The van der Waals surface area contributed by atoms with Crippen LogP contribution in [0.25, 0.3) is 0 Å². The van der Waals surface area contributed by atoms with E-state index in [1.165, 1.54) is 16.9 Å². The number of carbonyl (C=O) groups is 4. The molecule has 1 heterocycles. The van der Waals surface area contributed by atoms with Crippen molar-refractivity contribution in [1.82, 2.24) is 15.1 Å². The average Bonchev–Trinajstić information content (AvgIpc) is 3.11. The summed E-state index contributed by atoms with van der Waals surface area (Å²) in [6, 6.07) is -0.858. The van der Waals surface area contributed by atoms with E-state index >= 15 is 0 Å². The predicted molar refractivity (Wildman–Crippen MR) is 96.0 cm³/mol. The SMILES string of the molecule is COC(=O)[C@@H]1CCCN1C(=O)C(C)=C[C@H](C(C)C)N(C)C(=O)CNC=O. The van der Waals surface area contributed by atoms with Crippen molar-refractivity contribution in [3.05, 3.63) is 11.6 Å². The van der Waals surface area contributed by atoms with Gasteiger partial charge in [-0.3, -0.25) is 14.4 Å². The van der Waals surface area contributed by atoms with Crippen molar-refractivity contribution in [2.75, 3.05) is 27.2 Å². The molecule has 3 amide bonds. The lowest BCUT2D eigenvalue weighted by Gasteiger charge is -2.30. The van der Waals surface area contributed by atoms with Gasteiger partial charge in [0.1, 0.15) is 6.04 Å². The first-order valence-corrected chi connectivity index (χ1v) is 8.74. The van der Waals surface area contributed by atoms with Crippen LogP contribution in [0.4, 0.5) is 0 Å². The minimum Gasteiger partial charge on any atom is -0.467 e. The Bertz CT molecular complexity index is 573. The number of rotatable bonds is 8. The van der Waals surface area contributed by atoms with Gasteiger partial charge in [0.05, 0.1) is 19.7 Å². The molecule has 26 heavy (non-hydrogen) atoms. The summed E-state index contributed by atoms with van der Waals surface area (Å²) in [6.07, 6.45) is 3.57. The molecule has 146 valence electrons. The second-order valence-corrected chi connectivity index (χ2v) is 6.77. The highest BCUT2D eigenvalue weighted by Crippen LogP contribution is 2.22. The molecule has 8 heteroatoms. The van der Waals surface area contributed by atoms with Crippen LogP contribution in [-0.4, -0.2) is 73.3 Å². The van der Waals surface area contributed by atoms with E-state index in [0.717, 1.165) is 6.42 Å². The molecule has 8 nitrogen and oxygen atoms in total. The van der Waals surface area contributed by atoms with E-state index in [0.29, 0.717) is 24.9 Å². The molecule has 1 aliphatic heterocycles. The Hall–Kier alpha value is -2.38. The Balaban J connectivity index is 2.94. The van der Waals surface area contributed by atoms with Crippen LogP contribution in [0.5, 0.6) is 0 Å². The predicted octanol–water partition coefficient (Wildman–Crippen LogP) is 0.326. The summed E-state index contributed by atoms with van der Waals surface area (Å²) in [5.41, 5.74) is 0.475. The zero-order valence-electron chi connectivity index (χ0n) is 16.2. The molecule has 1 aliphatic rings. The highest BCUT2D eigenvalue weighted by atomic mass is 16.5. The number of hydrogen-bond donors (Lipinski definition) is 1. The van der Waals surface area contributed by atoms with Crippen molar-refractivity contribution < 1.29 is 23.9 Å². The highest BCUT2D eigenvalue weighted by molar-refractivity contribution is 5.96. The van der Waals surface area contributed by atoms with Gasteiger partial charge in [-0.25, -0.2) is 4.79 Å². The van der Waals surface area contributed by atoms with Crippen molar-refractivity contribution >= 4 is 24.2 Å². The number of esters is 1. The molecule has 1 rings (SSSR count). The van der Waals surface area contributed by atoms with Crippen LogP contribution in [0, 0.1) is 5.92 Å². The molecule has 0 aromatic carbocycles. The number of likely N-dealkylation sites (N-methyl/N-ethyl adjacent to an activating group) is 1. The number of ether oxygens (including phenoxy) is 1. The van der Waals surface area contributed by atoms with Gasteiger partial charge in [0.2, 0.25) is 18.2 Å². The normalized spacial score (nSPS) is 18.5. The van der Waals surface area contributed by atoms with Gasteiger partial charge in [-0.15, -0.1) is 0 Å². The van der Waals surface area contributed by atoms with E-state index in [2.05, 4.69) is 5.32 Å². The van der Waals surface area contributed by atoms with E-state index in [-0.39, 0.29) is 30.3 Å². The molecular weight excluding hydrogens is 338 g/mol. The smallest absolute Gasteiger partial charge is 0.328 e. The van der Waals surface area contributed by atoms with E-state index in [1.54, 1.807) is 20.0 Å². The molecule has 0 saturated carbocycles. The zero-order chi connectivity index (χ0) is 19.9. The summed E-state index contributed by atoms with van der Waals surface area (Å²) in [7, 11) is 2.95. The van der Waals surface area contributed by atoms with Crippen LogP contribution in [0.2, 0.25) is 0 Å². The van der Waals surface area contributed by atoms with E-state index < -0.39 is 12.0 Å². The first-order chi connectivity index (χ1) is 12.2. The Labute approximate surface area is 154 Å². The number of nitrogens with one attached hydrogen (secondary N) is 1. The molecule has 0 aromatic rings. The van der Waals surface area contributed by atoms with Gasteiger partial charge < -0.3 is 19.9 Å². The van der Waals surface area contributed by atoms with Gasteiger partial charge in [0.25, 0.3) is 0 Å². The summed E-state index contributed by atoms with van der Waals surface area (Å²) < 4.78 is 4.78. The van der Waals surface area contributed by atoms with Crippen LogP contribution in [0.1, 0.15) is 33.6 Å². The van der Waals surface area contributed by atoms with Gasteiger partial charge in [0, 0.05) is 19.2 Å². The Morgan fingerprint density at radius 3 is 2.54 bits per heavy atom. The fourth-order valence-corrected chi connectivity index (χ4v) is 3.12. The quantitative estimate of drug-likeness (QED) is 0.379. The monoisotopic (exact) mass is 367 g/mol. The van der Waals surface area contributed by atoms with Crippen LogP contribution in [-0.2, 0) is 23.9 Å². The molecule has 0 aromatic heterocycles. The Morgan fingerprint density at radius 2 is 2.00 bits per heavy atom. The van der Waals surface area contributed by atoms with Crippen molar-refractivity contribution in [2.45, 2.75) is 45.7 Å². The molecule has 1 N–H and O–H groups in total. The number of nitrogens with zero attached hydrogens (tertiary/aromatic N) is 2. The lowest BCUT2D eigenvalue weighted by atomic mass is 9.99. The highest BCUT2D eigenvalue weighted by Gasteiger charge is 2.35. The van der Waals surface area contributed by atoms with Crippen LogP contribution in [0.15, 0.2) is 11.6 Å². The third kappa shape index (κ3) is 5.31. The summed E-state index contributed by atoms with van der Waals surface area (Å²) in [5.74, 6) is -0.814. The van der Waals surface area contributed by atoms with Gasteiger partial charge in [-0.05, 0) is 25.7 Å². The lowest BCUT2D eigenvalue weighted by Crippen LogP contribution is -2.44. The number of carbonyl (C=O) groups excluding carboxylic acids is 4. The Morgan fingerprint density at radius 1 is 1.35 bits per heavy atom. The minimum absolute atomic E-state index is 0.0675. The molecular formula is C18H29N3O5. The summed E-state index contributed by atoms with van der Waals surface area (Å²) in [6.45, 7) is 5.99. The first kappa shape index (κ1) is 21.7. The fraction of sp³-hybridized carbons (Fsp3) is 0.667. The molecule has 0 aliphatic carbocycles. The molecule has 0 radical (unpaired) electrons. The molecule has 0 bridgehead atoms. The maximum atomic E-state index is 12.8. The third-order valence-electron chi connectivity index (χ3n) is 4.61. The standard InChI is InChI=1S/C18H29N3O5/c1-12(2)15(20(4)16(23)10-19-11-22)9-13(3)17(24)21-8-6-7-14(21)18(25)26-5/h9,11-12,14-15H,6-8,10H2,1-5H3,(H,19,22)/t14-,15+/m0/s1. The topological polar surface area (TPSA) is 96.0 Å². The van der Waals surface area contributed by atoms with Crippen LogP contribution < -0.4 is 5.32 Å². The maximum Gasteiger partial charge on any atom is 0.328 e. The number of methoxy groups -OCH3 is 1. The summed E-state index contributed by atoms with van der Waals surface area (Å²) in [4.78, 5) is 50.2. The molecule has 0 unspecified atom stereocenters. The van der Waals surface area contributed by atoms with Crippen molar-refractivity contribution in [3.63, 3.8) is 0 Å². The Kier molecular flexibility index (Phi) is 8.28. The summed E-state index contributed by atoms with van der Waals surface area (Å²) in [5, 5.41) is 2.35. The second-order valence-electron chi connectivity index (χ2n) is 6.77. The van der Waals surface area contributed by atoms with Gasteiger partial charge in [0.15, 0.2) is 0 Å². The fourth-order valence-electron chi connectivity index (χ4n) is 3.12. The van der Waals surface area contributed by atoms with E-state index in [4.69, 9.17) is 4.74 Å². The number of likely N-dealkylation sites (tertiary alicyclic amines) is 1. The molecule has 0 spiro atoms. The number of hydrogen-bond acceptors (Lipinski definition) is 5. The molecule has 1 fully saturated rings.